The largest absolute Gasteiger partial charge is 0.462 e. The summed E-state index contributed by atoms with van der Waals surface area (Å²) in [7, 11) is -3.16. The number of hydrogen-bond donors (Lipinski definition) is 2. The Kier molecular flexibility index (Phi) is 6.50. The Balaban J connectivity index is 2.47. The second kappa shape index (κ2) is 7.89. The van der Waals surface area contributed by atoms with Crippen molar-refractivity contribution in [3.05, 3.63) is 17.5 Å². The van der Waals surface area contributed by atoms with Crippen LogP contribution in [0.3, 0.4) is 0 Å². The highest BCUT2D eigenvalue weighted by atomic mass is 32.2. The number of esters is 1. The second-order valence-corrected chi connectivity index (χ2v) is 6.19. The van der Waals surface area contributed by atoms with Gasteiger partial charge < -0.3 is 10.1 Å². The molecule has 0 aliphatic heterocycles. The number of carbonyl (C=O) groups excluding carboxylic acids is 1. The second-order valence-electron chi connectivity index (χ2n) is 4.36. The molecule has 2 N–H and O–H groups in total. The van der Waals surface area contributed by atoms with Crippen molar-refractivity contribution in [3.63, 3.8) is 0 Å². The highest BCUT2D eigenvalue weighted by Gasteiger charge is 2.12. The van der Waals surface area contributed by atoms with E-state index in [9.17, 15) is 13.2 Å². The lowest BCUT2D eigenvalue weighted by molar-refractivity contribution is 0.0524. The molecule has 0 spiro atoms. The van der Waals surface area contributed by atoms with Gasteiger partial charge in [-0.2, -0.15) is 0 Å². The third kappa shape index (κ3) is 6.50. The van der Waals surface area contributed by atoms with Gasteiger partial charge in [0.05, 0.1) is 24.1 Å². The van der Waals surface area contributed by atoms with E-state index in [4.69, 9.17) is 4.74 Å². The molecule has 0 unspecified atom stereocenters. The number of anilines is 1. The van der Waals surface area contributed by atoms with Gasteiger partial charge in [-0.15, -0.1) is 0 Å². The molecule has 21 heavy (non-hydrogen) atoms. The Morgan fingerprint density at radius 3 is 2.67 bits per heavy atom. The minimum Gasteiger partial charge on any atom is -0.462 e. The number of aromatic nitrogens is 2. The summed E-state index contributed by atoms with van der Waals surface area (Å²) >= 11 is 0. The maximum absolute atomic E-state index is 11.6. The van der Waals surface area contributed by atoms with Crippen LogP contribution >= 0.6 is 0 Å². The third-order valence-electron chi connectivity index (χ3n) is 2.48. The van der Waals surface area contributed by atoms with Crippen molar-refractivity contribution in [2.24, 2.45) is 0 Å². The first-order valence-electron chi connectivity index (χ1n) is 6.52. The first-order chi connectivity index (χ1) is 9.83. The SMILES string of the molecule is CCOC(=O)c1cnc(NCCCNS(C)(=O)=O)nc1C. The van der Waals surface area contributed by atoms with Crippen molar-refractivity contribution in [2.75, 3.05) is 31.3 Å². The zero-order chi connectivity index (χ0) is 15.9. The zero-order valence-corrected chi connectivity index (χ0v) is 13.2. The van der Waals surface area contributed by atoms with Crippen LogP contribution in [0, 0.1) is 6.92 Å². The van der Waals surface area contributed by atoms with Gasteiger partial charge >= 0.3 is 5.97 Å². The molecule has 1 aromatic rings. The molecule has 0 aliphatic rings. The molecule has 1 rings (SSSR count). The fourth-order valence-electron chi connectivity index (χ4n) is 1.51. The van der Waals surface area contributed by atoms with Crippen LogP contribution in [-0.2, 0) is 14.8 Å². The number of aryl methyl sites for hydroxylation is 1. The number of nitrogens with zero attached hydrogens (tertiary/aromatic N) is 2. The quantitative estimate of drug-likeness (QED) is 0.524. The molecule has 9 heteroatoms. The topological polar surface area (TPSA) is 110 Å². The number of ether oxygens (including phenoxy) is 1. The molecule has 1 heterocycles. The van der Waals surface area contributed by atoms with Gasteiger partial charge in [0.25, 0.3) is 0 Å². The minimum atomic E-state index is -3.16. The van der Waals surface area contributed by atoms with Crippen molar-refractivity contribution in [3.8, 4) is 0 Å². The van der Waals surface area contributed by atoms with Gasteiger partial charge in [0.2, 0.25) is 16.0 Å². The van der Waals surface area contributed by atoms with Crippen molar-refractivity contribution >= 4 is 21.9 Å². The first-order valence-corrected chi connectivity index (χ1v) is 8.42. The summed E-state index contributed by atoms with van der Waals surface area (Å²) in [5.41, 5.74) is 0.862. The van der Waals surface area contributed by atoms with E-state index >= 15 is 0 Å². The molecule has 0 aromatic carbocycles. The van der Waals surface area contributed by atoms with Gasteiger partial charge in [-0.1, -0.05) is 0 Å². The van der Waals surface area contributed by atoms with Crippen LogP contribution in [-0.4, -0.2) is 50.3 Å². The monoisotopic (exact) mass is 316 g/mol. The van der Waals surface area contributed by atoms with Crippen LogP contribution in [0.4, 0.5) is 5.95 Å². The van der Waals surface area contributed by atoms with Crippen LogP contribution in [0.25, 0.3) is 0 Å². The van der Waals surface area contributed by atoms with E-state index in [2.05, 4.69) is 20.0 Å². The number of hydrogen-bond acceptors (Lipinski definition) is 7. The van der Waals surface area contributed by atoms with Crippen molar-refractivity contribution in [1.82, 2.24) is 14.7 Å². The van der Waals surface area contributed by atoms with Crippen molar-refractivity contribution in [1.29, 1.82) is 0 Å². The third-order valence-corrected chi connectivity index (χ3v) is 3.20. The van der Waals surface area contributed by atoms with Crippen LogP contribution in [0.15, 0.2) is 6.20 Å². The smallest absolute Gasteiger partial charge is 0.341 e. The van der Waals surface area contributed by atoms with Crippen LogP contribution < -0.4 is 10.0 Å². The predicted molar refractivity (Wildman–Crippen MR) is 78.7 cm³/mol. The molecule has 8 nitrogen and oxygen atoms in total. The van der Waals surface area contributed by atoms with E-state index in [0.717, 1.165) is 6.26 Å². The lowest BCUT2D eigenvalue weighted by Gasteiger charge is -2.08. The molecule has 0 fully saturated rings. The molecule has 0 saturated heterocycles. The normalized spacial score (nSPS) is 11.2. The van der Waals surface area contributed by atoms with Gasteiger partial charge in [-0.25, -0.2) is 27.9 Å². The molecule has 0 bridgehead atoms. The van der Waals surface area contributed by atoms with Crippen LogP contribution in [0.1, 0.15) is 29.4 Å². The maximum Gasteiger partial charge on any atom is 0.341 e. The van der Waals surface area contributed by atoms with E-state index in [1.807, 2.05) is 0 Å². The van der Waals surface area contributed by atoms with Gasteiger partial charge in [-0.3, -0.25) is 0 Å². The molecule has 0 radical (unpaired) electrons. The summed E-state index contributed by atoms with van der Waals surface area (Å²) in [6.45, 7) is 4.58. The van der Waals surface area contributed by atoms with E-state index in [0.29, 0.717) is 43.3 Å². The van der Waals surface area contributed by atoms with E-state index in [-0.39, 0.29) is 0 Å². The minimum absolute atomic E-state index is 0.297. The summed E-state index contributed by atoms with van der Waals surface area (Å²) in [5.74, 6) is -0.0567. The van der Waals surface area contributed by atoms with Crippen LogP contribution in [0.2, 0.25) is 0 Å². The fourth-order valence-corrected chi connectivity index (χ4v) is 2.02. The van der Waals surface area contributed by atoms with Crippen molar-refractivity contribution in [2.45, 2.75) is 20.3 Å². The highest BCUT2D eigenvalue weighted by molar-refractivity contribution is 7.88. The van der Waals surface area contributed by atoms with Gasteiger partial charge in [0.15, 0.2) is 0 Å². The first kappa shape index (κ1) is 17.3. The molecule has 0 aliphatic carbocycles. The Morgan fingerprint density at radius 2 is 2.10 bits per heavy atom. The molecular formula is C12H20N4O4S. The summed E-state index contributed by atoms with van der Waals surface area (Å²) in [5, 5.41) is 2.96. The number of sulfonamides is 1. The van der Waals surface area contributed by atoms with Crippen molar-refractivity contribution < 1.29 is 17.9 Å². The molecule has 1 aromatic heterocycles. The summed E-state index contributed by atoms with van der Waals surface area (Å²) in [4.78, 5) is 19.8. The lowest BCUT2D eigenvalue weighted by Crippen LogP contribution is -2.24. The summed E-state index contributed by atoms with van der Waals surface area (Å²) in [6.07, 6.45) is 3.12. The lowest BCUT2D eigenvalue weighted by atomic mass is 10.2. The molecular weight excluding hydrogens is 296 g/mol. The zero-order valence-electron chi connectivity index (χ0n) is 12.3. The Morgan fingerprint density at radius 1 is 1.38 bits per heavy atom. The van der Waals surface area contributed by atoms with E-state index in [1.54, 1.807) is 13.8 Å². The number of nitrogens with one attached hydrogen (secondary N) is 2. The molecule has 0 atom stereocenters. The average Bonchev–Trinajstić information content (AvgIpc) is 2.37. The average molecular weight is 316 g/mol. The number of carbonyl (C=O) groups is 1. The van der Waals surface area contributed by atoms with Gasteiger partial charge in [0, 0.05) is 19.3 Å². The summed E-state index contributed by atoms with van der Waals surface area (Å²) in [6, 6.07) is 0. The van der Waals surface area contributed by atoms with E-state index in [1.165, 1.54) is 6.20 Å². The van der Waals surface area contributed by atoms with Gasteiger partial charge in [-0.05, 0) is 20.3 Å². The fraction of sp³-hybridized carbons (Fsp3) is 0.583. The Bertz CT molecular complexity index is 589. The summed E-state index contributed by atoms with van der Waals surface area (Å²) < 4.78 is 29.0. The van der Waals surface area contributed by atoms with E-state index < -0.39 is 16.0 Å². The van der Waals surface area contributed by atoms with Gasteiger partial charge in [0.1, 0.15) is 0 Å². The Labute approximate surface area is 124 Å². The molecule has 118 valence electrons. The molecule has 0 amide bonds. The highest BCUT2D eigenvalue weighted by Crippen LogP contribution is 2.08. The Hall–Kier alpha value is -1.74. The maximum atomic E-state index is 11.6. The predicted octanol–water partition coefficient (Wildman–Crippen LogP) is 0.313. The van der Waals surface area contributed by atoms with Crippen LogP contribution in [0.5, 0.6) is 0 Å². The standard InChI is InChI=1S/C12H20N4O4S/c1-4-20-11(17)10-8-14-12(16-9(10)2)13-6-5-7-15-21(3,18)19/h8,15H,4-7H2,1-3H3,(H,13,14,16). The number of rotatable bonds is 8. The molecule has 0 saturated carbocycles.